The Labute approximate surface area is 135 Å². The number of aromatic nitrogens is 2. The maximum atomic E-state index is 12.8. The summed E-state index contributed by atoms with van der Waals surface area (Å²) in [5.41, 5.74) is 7.31. The molecule has 7 heteroatoms. The molecule has 0 bridgehead atoms. The molecule has 0 saturated carbocycles. The van der Waals surface area contributed by atoms with Gasteiger partial charge in [-0.05, 0) is 17.7 Å². The molecule has 2 aromatic rings. The van der Waals surface area contributed by atoms with E-state index >= 15 is 0 Å². The second-order valence-corrected chi connectivity index (χ2v) is 5.62. The van der Waals surface area contributed by atoms with Gasteiger partial charge in [0.1, 0.15) is 11.6 Å². The van der Waals surface area contributed by atoms with Gasteiger partial charge in [0.2, 0.25) is 5.91 Å². The Morgan fingerprint density at radius 1 is 1.48 bits per heavy atom. The second-order valence-electron chi connectivity index (χ2n) is 5.62. The van der Waals surface area contributed by atoms with Crippen LogP contribution < -0.4 is 15.6 Å². The standard InChI is InChI=1S/C16H21N5O2/c1-21(10-14-17-6-7-18-14)16(22)13-9-19-20-15(13)11-4-3-5-12(8-11)23-2/h3-8,13,15,19-20H,9-10H2,1-2H3,(H,17,18). The molecule has 1 saturated heterocycles. The number of hydrogen-bond donors (Lipinski definition) is 3. The van der Waals surface area contributed by atoms with E-state index in [-0.39, 0.29) is 17.9 Å². The summed E-state index contributed by atoms with van der Waals surface area (Å²) >= 11 is 0. The molecule has 122 valence electrons. The van der Waals surface area contributed by atoms with Crippen molar-refractivity contribution in [1.82, 2.24) is 25.7 Å². The lowest BCUT2D eigenvalue weighted by molar-refractivity contribution is -0.134. The lowest BCUT2D eigenvalue weighted by Crippen LogP contribution is -2.36. The first-order valence-corrected chi connectivity index (χ1v) is 7.54. The Kier molecular flexibility index (Phi) is 4.59. The van der Waals surface area contributed by atoms with E-state index in [4.69, 9.17) is 4.74 Å². The number of methoxy groups -OCH3 is 1. The molecule has 2 atom stereocenters. The lowest BCUT2D eigenvalue weighted by Gasteiger charge is -2.24. The van der Waals surface area contributed by atoms with Gasteiger partial charge in [-0.25, -0.2) is 10.4 Å². The average Bonchev–Trinajstić information content (AvgIpc) is 3.25. The highest BCUT2D eigenvalue weighted by molar-refractivity contribution is 5.80. The third-order valence-corrected chi connectivity index (χ3v) is 4.07. The first kappa shape index (κ1) is 15.5. The van der Waals surface area contributed by atoms with Gasteiger partial charge < -0.3 is 14.6 Å². The van der Waals surface area contributed by atoms with E-state index < -0.39 is 0 Å². The molecule has 1 aliphatic rings. The number of rotatable bonds is 5. The van der Waals surface area contributed by atoms with Crippen LogP contribution in [0, 0.1) is 5.92 Å². The molecule has 1 aromatic heterocycles. The quantitative estimate of drug-likeness (QED) is 0.762. The Hall–Kier alpha value is -2.38. The monoisotopic (exact) mass is 315 g/mol. The summed E-state index contributed by atoms with van der Waals surface area (Å²) in [5, 5.41) is 0. The highest BCUT2D eigenvalue weighted by atomic mass is 16.5. The third kappa shape index (κ3) is 3.35. The van der Waals surface area contributed by atoms with Crippen LogP contribution in [-0.4, -0.2) is 41.5 Å². The van der Waals surface area contributed by atoms with Crippen LogP contribution in [0.25, 0.3) is 0 Å². The zero-order valence-electron chi connectivity index (χ0n) is 13.2. The fraction of sp³-hybridized carbons (Fsp3) is 0.375. The summed E-state index contributed by atoms with van der Waals surface area (Å²) in [4.78, 5) is 21.7. The van der Waals surface area contributed by atoms with Crippen LogP contribution in [0.2, 0.25) is 0 Å². The van der Waals surface area contributed by atoms with E-state index in [1.54, 1.807) is 31.5 Å². The van der Waals surface area contributed by atoms with E-state index in [0.717, 1.165) is 17.1 Å². The predicted molar refractivity (Wildman–Crippen MR) is 85.4 cm³/mol. The molecule has 2 unspecified atom stereocenters. The summed E-state index contributed by atoms with van der Waals surface area (Å²) in [5.74, 6) is 1.46. The molecule has 23 heavy (non-hydrogen) atoms. The van der Waals surface area contributed by atoms with E-state index in [0.29, 0.717) is 13.1 Å². The van der Waals surface area contributed by atoms with Gasteiger partial charge in [-0.1, -0.05) is 12.1 Å². The summed E-state index contributed by atoms with van der Waals surface area (Å²) in [6.07, 6.45) is 3.44. The molecular formula is C16H21N5O2. The van der Waals surface area contributed by atoms with Gasteiger partial charge in [-0.15, -0.1) is 0 Å². The number of carbonyl (C=O) groups excluding carboxylic acids is 1. The first-order valence-electron chi connectivity index (χ1n) is 7.54. The fourth-order valence-corrected chi connectivity index (χ4v) is 2.85. The largest absolute Gasteiger partial charge is 0.497 e. The van der Waals surface area contributed by atoms with Crippen LogP contribution in [0.15, 0.2) is 36.7 Å². The van der Waals surface area contributed by atoms with Crippen LogP contribution in [0.1, 0.15) is 17.4 Å². The maximum absolute atomic E-state index is 12.8. The summed E-state index contributed by atoms with van der Waals surface area (Å²) < 4.78 is 5.27. The number of nitrogens with one attached hydrogen (secondary N) is 3. The molecular weight excluding hydrogens is 294 g/mol. The summed E-state index contributed by atoms with van der Waals surface area (Å²) in [6.45, 7) is 1.05. The minimum absolute atomic E-state index is 0.0757. The number of aromatic amines is 1. The van der Waals surface area contributed by atoms with E-state index in [1.807, 2.05) is 24.3 Å². The third-order valence-electron chi connectivity index (χ3n) is 4.07. The van der Waals surface area contributed by atoms with Gasteiger partial charge in [0, 0.05) is 26.0 Å². The normalized spacial score (nSPS) is 20.4. The Bertz CT molecular complexity index is 658. The van der Waals surface area contributed by atoms with Crippen molar-refractivity contribution in [2.24, 2.45) is 5.92 Å². The molecule has 0 radical (unpaired) electrons. The Morgan fingerprint density at radius 2 is 2.35 bits per heavy atom. The summed E-state index contributed by atoms with van der Waals surface area (Å²) in [7, 11) is 3.44. The van der Waals surface area contributed by atoms with Gasteiger partial charge in [0.15, 0.2) is 0 Å². The van der Waals surface area contributed by atoms with E-state index in [1.165, 1.54) is 0 Å². The zero-order valence-corrected chi connectivity index (χ0v) is 13.2. The van der Waals surface area contributed by atoms with Gasteiger partial charge >= 0.3 is 0 Å². The highest BCUT2D eigenvalue weighted by Crippen LogP contribution is 2.28. The van der Waals surface area contributed by atoms with E-state index in [9.17, 15) is 4.79 Å². The molecule has 7 nitrogen and oxygen atoms in total. The number of ether oxygens (including phenoxy) is 1. The molecule has 3 rings (SSSR count). The number of carbonyl (C=O) groups is 1. The topological polar surface area (TPSA) is 82.3 Å². The van der Waals surface area contributed by atoms with Crippen molar-refractivity contribution in [3.8, 4) is 5.75 Å². The number of benzene rings is 1. The van der Waals surface area contributed by atoms with Crippen LogP contribution in [-0.2, 0) is 11.3 Å². The van der Waals surface area contributed by atoms with Crippen LogP contribution in [0.5, 0.6) is 5.75 Å². The fourth-order valence-electron chi connectivity index (χ4n) is 2.85. The Balaban J connectivity index is 1.73. The number of amides is 1. The minimum Gasteiger partial charge on any atom is -0.497 e. The van der Waals surface area contributed by atoms with Crippen molar-refractivity contribution >= 4 is 5.91 Å². The van der Waals surface area contributed by atoms with Gasteiger partial charge in [0.05, 0.1) is 25.6 Å². The molecule has 1 aromatic carbocycles. The molecule has 2 heterocycles. The van der Waals surface area contributed by atoms with Crippen molar-refractivity contribution in [1.29, 1.82) is 0 Å². The molecule has 0 spiro atoms. The average molecular weight is 315 g/mol. The zero-order chi connectivity index (χ0) is 16.2. The molecule has 1 amide bonds. The number of imidazole rings is 1. The lowest BCUT2D eigenvalue weighted by atomic mass is 9.93. The SMILES string of the molecule is COc1cccc(C2NNCC2C(=O)N(C)Cc2ncc[nH]2)c1. The smallest absolute Gasteiger partial charge is 0.229 e. The molecule has 1 fully saturated rings. The highest BCUT2D eigenvalue weighted by Gasteiger charge is 2.35. The van der Waals surface area contributed by atoms with Crippen molar-refractivity contribution < 1.29 is 9.53 Å². The van der Waals surface area contributed by atoms with Crippen LogP contribution in [0.3, 0.4) is 0 Å². The van der Waals surface area contributed by atoms with Gasteiger partial charge in [-0.3, -0.25) is 10.2 Å². The number of hydrazine groups is 1. The molecule has 1 aliphatic heterocycles. The number of hydrogen-bond acceptors (Lipinski definition) is 5. The van der Waals surface area contributed by atoms with Gasteiger partial charge in [0.25, 0.3) is 0 Å². The number of nitrogens with zero attached hydrogens (tertiary/aromatic N) is 2. The molecule has 3 N–H and O–H groups in total. The van der Waals surface area contributed by atoms with Crippen molar-refractivity contribution in [3.05, 3.63) is 48.0 Å². The minimum atomic E-state index is -0.179. The summed E-state index contributed by atoms with van der Waals surface area (Å²) in [6, 6.07) is 7.70. The van der Waals surface area contributed by atoms with Crippen LogP contribution >= 0.6 is 0 Å². The van der Waals surface area contributed by atoms with Crippen molar-refractivity contribution in [2.75, 3.05) is 20.7 Å². The predicted octanol–water partition coefficient (Wildman–Crippen LogP) is 0.842. The number of H-pyrrole nitrogens is 1. The van der Waals surface area contributed by atoms with Crippen LogP contribution in [0.4, 0.5) is 0 Å². The van der Waals surface area contributed by atoms with Gasteiger partial charge in [-0.2, -0.15) is 0 Å². The van der Waals surface area contributed by atoms with Crippen molar-refractivity contribution in [2.45, 2.75) is 12.6 Å². The second kappa shape index (κ2) is 6.80. The Morgan fingerprint density at radius 3 is 3.09 bits per heavy atom. The molecule has 0 aliphatic carbocycles. The first-order chi connectivity index (χ1) is 11.2. The maximum Gasteiger partial charge on any atom is 0.229 e. The van der Waals surface area contributed by atoms with E-state index in [2.05, 4.69) is 20.8 Å². The van der Waals surface area contributed by atoms with Crippen molar-refractivity contribution in [3.63, 3.8) is 0 Å².